The maximum atomic E-state index is 11.8. The van der Waals surface area contributed by atoms with Crippen molar-refractivity contribution < 1.29 is 9.53 Å². The van der Waals surface area contributed by atoms with Crippen molar-refractivity contribution in [1.29, 1.82) is 0 Å². The Morgan fingerprint density at radius 2 is 1.83 bits per heavy atom. The number of hydrogen-bond donors (Lipinski definition) is 0. The molecular weight excluding hydrogens is 226 g/mol. The first-order chi connectivity index (χ1) is 8.30. The summed E-state index contributed by atoms with van der Waals surface area (Å²) in [6.07, 6.45) is 3.75. The molecule has 0 aromatic rings. The second-order valence-electron chi connectivity index (χ2n) is 6.68. The van der Waals surface area contributed by atoms with Crippen LogP contribution in [-0.4, -0.2) is 29.7 Å². The van der Waals surface area contributed by atoms with Crippen LogP contribution in [-0.2, 0) is 4.74 Å². The first-order valence-electron chi connectivity index (χ1n) is 7.28. The Hall–Kier alpha value is -0.730. The summed E-state index contributed by atoms with van der Waals surface area (Å²) < 4.78 is 5.36. The van der Waals surface area contributed by atoms with E-state index in [2.05, 4.69) is 6.92 Å². The van der Waals surface area contributed by atoms with Crippen LogP contribution in [0.15, 0.2) is 0 Å². The number of ether oxygens (including phenoxy) is 1. The Labute approximate surface area is 112 Å². The van der Waals surface area contributed by atoms with E-state index in [1.807, 2.05) is 39.5 Å². The topological polar surface area (TPSA) is 29.5 Å². The van der Waals surface area contributed by atoms with Crippen molar-refractivity contribution in [1.82, 2.24) is 4.90 Å². The van der Waals surface area contributed by atoms with Gasteiger partial charge in [0.1, 0.15) is 5.60 Å². The van der Waals surface area contributed by atoms with Gasteiger partial charge in [0.05, 0.1) is 0 Å². The lowest BCUT2D eigenvalue weighted by Gasteiger charge is -2.48. The van der Waals surface area contributed by atoms with Crippen LogP contribution in [0.25, 0.3) is 0 Å². The predicted molar refractivity (Wildman–Crippen MR) is 74.6 cm³/mol. The zero-order chi connectivity index (χ0) is 14.0. The van der Waals surface area contributed by atoms with Crippen molar-refractivity contribution in [2.45, 2.75) is 66.4 Å². The van der Waals surface area contributed by atoms with Gasteiger partial charge in [0, 0.05) is 18.5 Å². The number of amides is 1. The quantitative estimate of drug-likeness (QED) is 0.653. The molecule has 0 bridgehead atoms. The molecule has 1 atom stereocenters. The lowest BCUT2D eigenvalue weighted by molar-refractivity contribution is -0.0330. The van der Waals surface area contributed by atoms with Gasteiger partial charge in [0.2, 0.25) is 0 Å². The molecule has 1 unspecified atom stereocenters. The molecule has 0 N–H and O–H groups in total. The second-order valence-corrected chi connectivity index (χ2v) is 6.68. The van der Waals surface area contributed by atoms with E-state index in [4.69, 9.17) is 4.74 Å². The molecule has 1 spiro atoms. The Kier molecular flexibility index (Phi) is 4.68. The molecule has 1 saturated carbocycles. The smallest absolute Gasteiger partial charge is 0.410 e. The maximum Gasteiger partial charge on any atom is 0.410 e. The molecule has 3 heteroatoms. The number of carbonyl (C=O) groups is 1. The molecule has 106 valence electrons. The molecule has 2 fully saturated rings. The third-order valence-corrected chi connectivity index (χ3v) is 3.65. The van der Waals surface area contributed by atoms with Crippen LogP contribution in [0.3, 0.4) is 0 Å². The summed E-state index contributed by atoms with van der Waals surface area (Å²) in [5, 5.41) is 0. The van der Waals surface area contributed by atoms with Gasteiger partial charge in [-0.15, -0.1) is 0 Å². The van der Waals surface area contributed by atoms with Crippen molar-refractivity contribution in [3.63, 3.8) is 0 Å². The van der Waals surface area contributed by atoms with Crippen LogP contribution in [0.4, 0.5) is 4.79 Å². The largest absolute Gasteiger partial charge is 0.444 e. The monoisotopic (exact) mass is 255 g/mol. The predicted octanol–water partition coefficient (Wildman–Crippen LogP) is 4.07. The molecule has 1 aliphatic heterocycles. The van der Waals surface area contributed by atoms with Gasteiger partial charge in [-0.05, 0) is 39.5 Å². The van der Waals surface area contributed by atoms with Crippen LogP contribution in [0.1, 0.15) is 60.8 Å². The number of likely N-dealkylation sites (tertiary alicyclic amines) is 1. The number of rotatable bonds is 0. The Morgan fingerprint density at radius 1 is 1.28 bits per heavy atom. The molecule has 1 amide bonds. The normalized spacial score (nSPS) is 25.2. The van der Waals surface area contributed by atoms with Crippen LogP contribution in [0, 0.1) is 11.3 Å². The molecule has 0 aromatic heterocycles. The van der Waals surface area contributed by atoms with Crippen molar-refractivity contribution >= 4 is 6.09 Å². The molecule has 1 saturated heterocycles. The fourth-order valence-corrected chi connectivity index (χ4v) is 3.00. The summed E-state index contributed by atoms with van der Waals surface area (Å²) in [5.74, 6) is 0.834. The third-order valence-electron chi connectivity index (χ3n) is 3.65. The average Bonchev–Trinajstić information content (AvgIpc) is 2.59. The van der Waals surface area contributed by atoms with Gasteiger partial charge in [-0.3, -0.25) is 0 Å². The van der Waals surface area contributed by atoms with E-state index < -0.39 is 0 Å². The summed E-state index contributed by atoms with van der Waals surface area (Å²) in [7, 11) is 0. The van der Waals surface area contributed by atoms with E-state index in [0.717, 1.165) is 19.0 Å². The Bertz CT molecular complexity index is 287. The second kappa shape index (κ2) is 5.50. The molecule has 0 radical (unpaired) electrons. The highest BCUT2D eigenvalue weighted by Gasteiger charge is 2.49. The minimum atomic E-state index is -0.372. The summed E-state index contributed by atoms with van der Waals surface area (Å²) in [4.78, 5) is 13.6. The summed E-state index contributed by atoms with van der Waals surface area (Å²) in [5.41, 5.74) is 0.0686. The molecule has 0 aromatic carbocycles. The molecule has 1 heterocycles. The van der Waals surface area contributed by atoms with Crippen LogP contribution < -0.4 is 0 Å². The first-order valence-corrected chi connectivity index (χ1v) is 7.28. The van der Waals surface area contributed by atoms with Crippen molar-refractivity contribution in [3.8, 4) is 0 Å². The van der Waals surface area contributed by atoms with Crippen LogP contribution in [0.2, 0.25) is 0 Å². The minimum absolute atomic E-state index is 0.141. The van der Waals surface area contributed by atoms with Gasteiger partial charge in [-0.25, -0.2) is 4.79 Å². The van der Waals surface area contributed by atoms with E-state index in [1.165, 1.54) is 19.3 Å². The molecule has 18 heavy (non-hydrogen) atoms. The summed E-state index contributed by atoms with van der Waals surface area (Å²) in [6, 6.07) is 0. The van der Waals surface area contributed by atoms with Crippen molar-refractivity contribution in [2.24, 2.45) is 11.3 Å². The highest BCUT2D eigenvalue weighted by molar-refractivity contribution is 5.69. The Balaban J connectivity index is 0.000000771. The van der Waals surface area contributed by atoms with Gasteiger partial charge in [0.15, 0.2) is 0 Å². The lowest BCUT2D eigenvalue weighted by atomic mass is 9.78. The van der Waals surface area contributed by atoms with E-state index in [-0.39, 0.29) is 11.7 Å². The van der Waals surface area contributed by atoms with Crippen LogP contribution in [0.5, 0.6) is 0 Å². The van der Waals surface area contributed by atoms with E-state index >= 15 is 0 Å². The fraction of sp³-hybridized carbons (Fsp3) is 0.933. The standard InChI is InChI=1S/C13H23NO2.C2H6/c1-10-5-6-13(7-10)8-14(9-13)11(15)16-12(2,3)4;1-2/h10H,5-9H2,1-4H3;1-2H3. The lowest BCUT2D eigenvalue weighted by Crippen LogP contribution is -2.58. The molecule has 2 rings (SSSR count). The van der Waals surface area contributed by atoms with Gasteiger partial charge >= 0.3 is 6.09 Å². The average molecular weight is 255 g/mol. The third kappa shape index (κ3) is 3.63. The zero-order valence-electron chi connectivity index (χ0n) is 12.9. The van der Waals surface area contributed by atoms with Crippen molar-refractivity contribution in [3.05, 3.63) is 0 Å². The van der Waals surface area contributed by atoms with Crippen molar-refractivity contribution in [2.75, 3.05) is 13.1 Å². The SMILES string of the molecule is CC.CC1CCC2(C1)CN(C(=O)OC(C)(C)C)C2. The summed E-state index contributed by atoms with van der Waals surface area (Å²) in [6.45, 7) is 13.9. The van der Waals surface area contributed by atoms with E-state index in [1.54, 1.807) is 0 Å². The maximum absolute atomic E-state index is 11.8. The zero-order valence-corrected chi connectivity index (χ0v) is 12.9. The molecular formula is C15H29NO2. The molecule has 1 aliphatic carbocycles. The number of nitrogens with zero attached hydrogens (tertiary/aromatic N) is 1. The summed E-state index contributed by atoms with van der Waals surface area (Å²) >= 11 is 0. The highest BCUT2D eigenvalue weighted by Crippen LogP contribution is 2.48. The van der Waals surface area contributed by atoms with Gasteiger partial charge < -0.3 is 9.64 Å². The number of hydrogen-bond acceptors (Lipinski definition) is 2. The molecule has 3 nitrogen and oxygen atoms in total. The molecule has 2 aliphatic rings. The Morgan fingerprint density at radius 3 is 2.22 bits per heavy atom. The van der Waals surface area contributed by atoms with Crippen LogP contribution >= 0.6 is 0 Å². The first kappa shape index (κ1) is 15.3. The highest BCUT2D eigenvalue weighted by atomic mass is 16.6. The fourth-order valence-electron chi connectivity index (χ4n) is 3.00. The van der Waals surface area contributed by atoms with E-state index in [0.29, 0.717) is 5.41 Å². The minimum Gasteiger partial charge on any atom is -0.444 e. The van der Waals surface area contributed by atoms with Gasteiger partial charge in [-0.1, -0.05) is 27.2 Å². The number of carbonyl (C=O) groups excluding carboxylic acids is 1. The van der Waals surface area contributed by atoms with Gasteiger partial charge in [-0.2, -0.15) is 0 Å². The van der Waals surface area contributed by atoms with Gasteiger partial charge in [0.25, 0.3) is 0 Å². The van der Waals surface area contributed by atoms with E-state index in [9.17, 15) is 4.79 Å².